The van der Waals surface area contributed by atoms with Crippen molar-refractivity contribution in [3.05, 3.63) is 11.7 Å². The van der Waals surface area contributed by atoms with Gasteiger partial charge in [-0.1, -0.05) is 31.8 Å². The van der Waals surface area contributed by atoms with E-state index in [0.29, 0.717) is 30.2 Å². The molecule has 0 radical (unpaired) electrons. The second-order valence-electron chi connectivity index (χ2n) is 7.07. The van der Waals surface area contributed by atoms with Crippen LogP contribution in [0.3, 0.4) is 0 Å². The van der Waals surface area contributed by atoms with Crippen molar-refractivity contribution < 1.29 is 4.52 Å². The number of aromatic nitrogens is 2. The summed E-state index contributed by atoms with van der Waals surface area (Å²) in [6.07, 6.45) is 5.35. The number of guanidine groups is 1. The second-order valence-corrected chi connectivity index (χ2v) is 7.07. The van der Waals surface area contributed by atoms with Gasteiger partial charge in [-0.3, -0.25) is 4.90 Å². The molecule has 1 aromatic heterocycles. The number of nitrogens with one attached hydrogen (secondary N) is 2. The molecule has 1 aliphatic rings. The third-order valence-electron chi connectivity index (χ3n) is 4.64. The maximum Gasteiger partial charge on any atom is 0.248 e. The maximum absolute atomic E-state index is 5.13. The molecule has 2 rings (SSSR count). The third kappa shape index (κ3) is 6.65. The molecule has 2 N–H and O–H groups in total. The summed E-state index contributed by atoms with van der Waals surface area (Å²) in [5, 5.41) is 10.6. The van der Waals surface area contributed by atoms with Crippen molar-refractivity contribution in [1.29, 1.82) is 0 Å². The van der Waals surface area contributed by atoms with Gasteiger partial charge in [-0.05, 0) is 45.7 Å². The Kier molecular flexibility index (Phi) is 8.18. The van der Waals surface area contributed by atoms with Crippen molar-refractivity contribution in [3.63, 3.8) is 0 Å². The lowest BCUT2D eigenvalue weighted by Crippen LogP contribution is -2.49. The van der Waals surface area contributed by atoms with Gasteiger partial charge >= 0.3 is 0 Å². The van der Waals surface area contributed by atoms with Crippen molar-refractivity contribution >= 4 is 5.96 Å². The molecule has 0 saturated carbocycles. The Balaban J connectivity index is 1.93. The smallest absolute Gasteiger partial charge is 0.248 e. The molecule has 1 aromatic rings. The van der Waals surface area contributed by atoms with E-state index in [4.69, 9.17) is 4.52 Å². The molecule has 25 heavy (non-hydrogen) atoms. The van der Waals surface area contributed by atoms with Gasteiger partial charge in [-0.15, -0.1) is 0 Å². The molecule has 0 aliphatic carbocycles. The summed E-state index contributed by atoms with van der Waals surface area (Å²) in [5.41, 5.74) is 0. The molecular weight excluding hydrogens is 316 g/mol. The van der Waals surface area contributed by atoms with Crippen LogP contribution in [0.2, 0.25) is 0 Å². The van der Waals surface area contributed by atoms with E-state index in [9.17, 15) is 0 Å². The first-order valence-electron chi connectivity index (χ1n) is 9.65. The van der Waals surface area contributed by atoms with Crippen molar-refractivity contribution in [2.75, 3.05) is 26.2 Å². The molecule has 0 amide bonds. The predicted molar refractivity (Wildman–Crippen MR) is 101 cm³/mol. The minimum absolute atomic E-state index is 0.395. The van der Waals surface area contributed by atoms with E-state index in [0.717, 1.165) is 19.0 Å². The molecule has 1 unspecified atom stereocenters. The van der Waals surface area contributed by atoms with Gasteiger partial charge in [0.2, 0.25) is 5.89 Å². The first-order chi connectivity index (χ1) is 12.1. The molecule has 2 heterocycles. The number of rotatable bonds is 7. The highest BCUT2D eigenvalue weighted by Crippen LogP contribution is 2.17. The molecule has 0 spiro atoms. The van der Waals surface area contributed by atoms with Gasteiger partial charge < -0.3 is 15.2 Å². The van der Waals surface area contributed by atoms with Gasteiger partial charge in [-0.2, -0.15) is 4.98 Å². The van der Waals surface area contributed by atoms with E-state index in [-0.39, 0.29) is 0 Å². The van der Waals surface area contributed by atoms with Gasteiger partial charge in [0.15, 0.2) is 11.8 Å². The highest BCUT2D eigenvalue weighted by Gasteiger charge is 2.22. The molecule has 1 aliphatic heterocycles. The van der Waals surface area contributed by atoms with Gasteiger partial charge in [0.25, 0.3) is 0 Å². The van der Waals surface area contributed by atoms with Crippen LogP contribution >= 0.6 is 0 Å². The summed E-state index contributed by atoms with van der Waals surface area (Å²) >= 11 is 0. The third-order valence-corrected chi connectivity index (χ3v) is 4.64. The largest absolute Gasteiger partial charge is 0.357 e. The van der Waals surface area contributed by atoms with E-state index in [1.165, 1.54) is 38.8 Å². The zero-order valence-corrected chi connectivity index (χ0v) is 16.2. The molecule has 0 bridgehead atoms. The summed E-state index contributed by atoms with van der Waals surface area (Å²) in [5.74, 6) is 2.60. The van der Waals surface area contributed by atoms with E-state index >= 15 is 0 Å². The van der Waals surface area contributed by atoms with Crippen molar-refractivity contribution in [1.82, 2.24) is 25.7 Å². The van der Waals surface area contributed by atoms with Crippen LogP contribution < -0.4 is 10.6 Å². The lowest BCUT2D eigenvalue weighted by molar-refractivity contribution is 0.161. The Bertz CT molecular complexity index is 519. The standard InChI is InChI=1S/C18H34N6O/c1-5-19-18(21-13-17-22-15(4)23-25-17)20-12-16(14(2)3)24-10-8-6-7-9-11-24/h14,16H,5-13H2,1-4H3,(H2,19,20,21). The van der Waals surface area contributed by atoms with E-state index in [1.807, 2.05) is 6.92 Å². The van der Waals surface area contributed by atoms with Crippen LogP contribution in [-0.4, -0.2) is 53.2 Å². The first kappa shape index (κ1) is 19.7. The Hall–Kier alpha value is -1.63. The first-order valence-corrected chi connectivity index (χ1v) is 9.65. The van der Waals surface area contributed by atoms with Crippen molar-refractivity contribution in [2.45, 2.75) is 66.0 Å². The monoisotopic (exact) mass is 350 g/mol. The fourth-order valence-corrected chi connectivity index (χ4v) is 3.31. The molecule has 7 heteroatoms. The fourth-order valence-electron chi connectivity index (χ4n) is 3.31. The van der Waals surface area contributed by atoms with Gasteiger partial charge in [-0.25, -0.2) is 4.99 Å². The lowest BCUT2D eigenvalue weighted by Gasteiger charge is -2.34. The highest BCUT2D eigenvalue weighted by molar-refractivity contribution is 5.79. The highest BCUT2D eigenvalue weighted by atomic mass is 16.5. The van der Waals surface area contributed by atoms with E-state index in [2.05, 4.69) is 51.4 Å². The summed E-state index contributed by atoms with van der Waals surface area (Å²) in [7, 11) is 0. The Morgan fingerprint density at radius 1 is 1.20 bits per heavy atom. The molecule has 7 nitrogen and oxygen atoms in total. The van der Waals surface area contributed by atoms with Crippen molar-refractivity contribution in [3.8, 4) is 0 Å². The van der Waals surface area contributed by atoms with E-state index in [1.54, 1.807) is 0 Å². The molecule has 1 fully saturated rings. The SMILES string of the molecule is CCNC(=NCc1nc(C)no1)NCC(C(C)C)N1CCCCCC1. The number of hydrogen-bond donors (Lipinski definition) is 2. The number of likely N-dealkylation sites (tertiary alicyclic amines) is 1. The molecule has 0 aromatic carbocycles. The van der Waals surface area contributed by atoms with Gasteiger partial charge in [0, 0.05) is 19.1 Å². The number of aryl methyl sites for hydroxylation is 1. The van der Waals surface area contributed by atoms with Crippen LogP contribution in [-0.2, 0) is 6.54 Å². The maximum atomic E-state index is 5.13. The Morgan fingerprint density at radius 3 is 2.48 bits per heavy atom. The van der Waals surface area contributed by atoms with Gasteiger partial charge in [0.05, 0.1) is 0 Å². The summed E-state index contributed by atoms with van der Waals surface area (Å²) in [6.45, 7) is 13.0. The summed E-state index contributed by atoms with van der Waals surface area (Å²) < 4.78 is 5.13. The topological polar surface area (TPSA) is 78.6 Å². The summed E-state index contributed by atoms with van der Waals surface area (Å²) in [4.78, 5) is 11.4. The minimum Gasteiger partial charge on any atom is -0.357 e. The zero-order valence-electron chi connectivity index (χ0n) is 16.2. The molecular formula is C18H34N6O. The van der Waals surface area contributed by atoms with Crippen LogP contribution in [0.5, 0.6) is 0 Å². The number of hydrogen-bond acceptors (Lipinski definition) is 5. The molecule has 142 valence electrons. The lowest BCUT2D eigenvalue weighted by atomic mass is 10.0. The van der Waals surface area contributed by atoms with Crippen molar-refractivity contribution in [2.24, 2.45) is 10.9 Å². The Labute approximate surface area is 151 Å². The van der Waals surface area contributed by atoms with E-state index < -0.39 is 0 Å². The van der Waals surface area contributed by atoms with Crippen LogP contribution in [0, 0.1) is 12.8 Å². The minimum atomic E-state index is 0.395. The fraction of sp³-hybridized carbons (Fsp3) is 0.833. The number of nitrogens with zero attached hydrogens (tertiary/aromatic N) is 4. The van der Waals surface area contributed by atoms with Crippen LogP contribution in [0.4, 0.5) is 0 Å². The quantitative estimate of drug-likeness (QED) is 0.580. The van der Waals surface area contributed by atoms with Gasteiger partial charge in [0.1, 0.15) is 6.54 Å². The zero-order chi connectivity index (χ0) is 18.1. The molecule has 1 saturated heterocycles. The average Bonchev–Trinajstić information content (AvgIpc) is 2.83. The predicted octanol–water partition coefficient (Wildman–Crippen LogP) is 2.33. The normalized spacial score (nSPS) is 18.2. The molecule has 1 atom stereocenters. The van der Waals surface area contributed by atoms with Crippen LogP contribution in [0.1, 0.15) is 58.2 Å². The number of aliphatic imine (C=N–C) groups is 1. The van der Waals surface area contributed by atoms with Crippen LogP contribution in [0.15, 0.2) is 9.52 Å². The second kappa shape index (κ2) is 10.4. The van der Waals surface area contributed by atoms with Crippen LogP contribution in [0.25, 0.3) is 0 Å². The summed E-state index contributed by atoms with van der Waals surface area (Å²) in [6, 6.07) is 0.521. The average molecular weight is 351 g/mol. The Morgan fingerprint density at radius 2 is 1.92 bits per heavy atom.